The van der Waals surface area contributed by atoms with E-state index in [0.717, 1.165) is 19.4 Å². The lowest BCUT2D eigenvalue weighted by Crippen LogP contribution is -2.67. The van der Waals surface area contributed by atoms with Crippen molar-refractivity contribution >= 4 is 24.8 Å². The van der Waals surface area contributed by atoms with Crippen LogP contribution < -0.4 is 10.4 Å². The molecule has 2 aliphatic rings. The Morgan fingerprint density at radius 1 is 0.969 bits per heavy atom. The van der Waals surface area contributed by atoms with Crippen LogP contribution in [-0.4, -0.2) is 43.6 Å². The molecule has 2 aromatic rings. The molecule has 0 aromatic heterocycles. The molecule has 2 atom stereocenters. The van der Waals surface area contributed by atoms with Crippen molar-refractivity contribution in [3.05, 3.63) is 60.7 Å². The summed E-state index contributed by atoms with van der Waals surface area (Å²) in [6, 6.07) is 21.4. The average Bonchev–Trinajstić information content (AvgIpc) is 3.31. The molecule has 0 N–H and O–H groups in total. The zero-order valence-electron chi connectivity index (χ0n) is 20.4. The first-order valence-corrected chi connectivity index (χ1v) is 13.7. The summed E-state index contributed by atoms with van der Waals surface area (Å²) in [5.74, 6) is 0.508. The molecule has 1 saturated carbocycles. The lowest BCUT2D eigenvalue weighted by molar-refractivity contribution is 0.0115. The summed E-state index contributed by atoms with van der Waals surface area (Å²) in [5.41, 5.74) is -0.723. The highest BCUT2D eigenvalue weighted by Gasteiger charge is 2.65. The maximum atomic E-state index is 13.0. The van der Waals surface area contributed by atoms with Gasteiger partial charge in [-0.15, -0.1) is 0 Å². The number of rotatable bonds is 5. The number of benzene rings is 2. The van der Waals surface area contributed by atoms with Gasteiger partial charge in [0.15, 0.2) is 0 Å². The van der Waals surface area contributed by atoms with Crippen LogP contribution in [0.15, 0.2) is 60.7 Å². The van der Waals surface area contributed by atoms with E-state index in [2.05, 4.69) is 81.4 Å². The fourth-order valence-corrected chi connectivity index (χ4v) is 10.0. The zero-order chi connectivity index (χ0) is 23.2. The van der Waals surface area contributed by atoms with E-state index < -0.39 is 13.9 Å². The number of hydrogen-bond acceptors (Lipinski definition) is 3. The Kier molecular flexibility index (Phi) is 5.79. The van der Waals surface area contributed by atoms with Crippen LogP contribution in [0.2, 0.25) is 5.04 Å². The van der Waals surface area contributed by atoms with E-state index >= 15 is 0 Å². The number of carbonyl (C=O) groups excluding carboxylic acids is 1. The van der Waals surface area contributed by atoms with Crippen LogP contribution in [0, 0.1) is 5.92 Å². The first-order valence-electron chi connectivity index (χ1n) is 11.8. The second-order valence-corrected chi connectivity index (χ2v) is 15.7. The minimum Gasteiger partial charge on any atom is -0.444 e. The van der Waals surface area contributed by atoms with Gasteiger partial charge in [0.25, 0.3) is 8.32 Å². The molecule has 0 spiro atoms. The normalized spacial score (nSPS) is 23.1. The highest BCUT2D eigenvalue weighted by molar-refractivity contribution is 6.99. The SMILES string of the molecule is CC(C)(C)OC(=O)N1CCC2CC21CO[Si](c1ccccc1)(c1ccccc1)C(C)(C)C. The molecular weight excluding hydrogens is 414 g/mol. The van der Waals surface area contributed by atoms with E-state index in [1.165, 1.54) is 10.4 Å². The van der Waals surface area contributed by atoms with Crippen molar-refractivity contribution in [3.8, 4) is 0 Å². The minimum absolute atomic E-state index is 0.0773. The number of carbonyl (C=O) groups is 1. The molecule has 4 rings (SSSR count). The Bertz CT molecular complexity index is 909. The van der Waals surface area contributed by atoms with Gasteiger partial charge in [0.1, 0.15) is 5.60 Å². The van der Waals surface area contributed by atoms with Crippen molar-refractivity contribution in [2.24, 2.45) is 5.92 Å². The molecule has 2 fully saturated rings. The van der Waals surface area contributed by atoms with Gasteiger partial charge in [-0.25, -0.2) is 4.79 Å². The maximum Gasteiger partial charge on any atom is 0.410 e. The Labute approximate surface area is 194 Å². The first kappa shape index (κ1) is 23.1. The Morgan fingerprint density at radius 2 is 1.50 bits per heavy atom. The molecule has 1 heterocycles. The van der Waals surface area contributed by atoms with Gasteiger partial charge in [0, 0.05) is 6.54 Å². The molecule has 2 unspecified atom stereocenters. The number of hydrogen-bond donors (Lipinski definition) is 0. The molecule has 172 valence electrons. The van der Waals surface area contributed by atoms with Crippen LogP contribution in [0.5, 0.6) is 0 Å². The molecule has 0 bridgehead atoms. The zero-order valence-corrected chi connectivity index (χ0v) is 21.4. The number of ether oxygens (including phenoxy) is 1. The molecule has 1 amide bonds. The largest absolute Gasteiger partial charge is 0.444 e. The predicted octanol–water partition coefficient (Wildman–Crippen LogP) is 4.96. The van der Waals surface area contributed by atoms with Crippen molar-refractivity contribution in [1.82, 2.24) is 4.90 Å². The average molecular weight is 452 g/mol. The molecule has 5 heteroatoms. The van der Waals surface area contributed by atoms with Gasteiger partial charge < -0.3 is 9.16 Å². The fourth-order valence-electron chi connectivity index (χ4n) is 5.42. The quantitative estimate of drug-likeness (QED) is 0.603. The first-order chi connectivity index (χ1) is 15.0. The van der Waals surface area contributed by atoms with Gasteiger partial charge >= 0.3 is 6.09 Å². The van der Waals surface area contributed by atoms with E-state index in [1.807, 2.05) is 25.7 Å². The van der Waals surface area contributed by atoms with Crippen LogP contribution in [0.25, 0.3) is 0 Å². The number of piperidine rings is 1. The summed E-state index contributed by atoms with van der Waals surface area (Å²) in [6.07, 6.45) is 1.83. The maximum absolute atomic E-state index is 13.0. The number of likely N-dealkylation sites (tertiary alicyclic amines) is 1. The topological polar surface area (TPSA) is 38.8 Å². The van der Waals surface area contributed by atoms with Gasteiger partial charge in [-0.3, -0.25) is 4.90 Å². The summed E-state index contributed by atoms with van der Waals surface area (Å²) in [6.45, 7) is 14.0. The predicted molar refractivity (Wildman–Crippen MR) is 132 cm³/mol. The van der Waals surface area contributed by atoms with Crippen molar-refractivity contribution < 1.29 is 14.0 Å². The van der Waals surface area contributed by atoms with Crippen LogP contribution in [0.1, 0.15) is 54.4 Å². The Balaban J connectivity index is 1.70. The summed E-state index contributed by atoms with van der Waals surface area (Å²) < 4.78 is 12.9. The van der Waals surface area contributed by atoms with Crippen LogP contribution in [0.3, 0.4) is 0 Å². The summed E-state index contributed by atoms with van der Waals surface area (Å²) in [7, 11) is -2.63. The van der Waals surface area contributed by atoms with Crippen LogP contribution >= 0.6 is 0 Å². The smallest absolute Gasteiger partial charge is 0.410 e. The van der Waals surface area contributed by atoms with Crippen molar-refractivity contribution in [3.63, 3.8) is 0 Å². The third-order valence-electron chi connectivity index (χ3n) is 7.01. The van der Waals surface area contributed by atoms with Gasteiger partial charge in [0.2, 0.25) is 0 Å². The van der Waals surface area contributed by atoms with Gasteiger partial charge in [-0.2, -0.15) is 0 Å². The summed E-state index contributed by atoms with van der Waals surface area (Å²) in [5, 5.41) is 2.47. The molecule has 32 heavy (non-hydrogen) atoms. The molecule has 1 saturated heterocycles. The van der Waals surface area contributed by atoms with Gasteiger partial charge in [0.05, 0.1) is 12.1 Å². The minimum atomic E-state index is -2.63. The molecule has 1 aliphatic carbocycles. The Hall–Kier alpha value is -2.11. The summed E-state index contributed by atoms with van der Waals surface area (Å²) >= 11 is 0. The van der Waals surface area contributed by atoms with E-state index in [0.29, 0.717) is 12.5 Å². The molecule has 4 nitrogen and oxygen atoms in total. The number of fused-ring (bicyclic) bond motifs is 1. The van der Waals surface area contributed by atoms with E-state index in [9.17, 15) is 4.79 Å². The van der Waals surface area contributed by atoms with Crippen molar-refractivity contribution in [2.75, 3.05) is 13.2 Å². The molecular formula is C27H37NO3Si. The highest BCUT2D eigenvalue weighted by atomic mass is 28.4. The van der Waals surface area contributed by atoms with Crippen molar-refractivity contribution in [2.45, 2.75) is 70.6 Å². The third-order valence-corrected chi connectivity index (χ3v) is 12.0. The van der Waals surface area contributed by atoms with E-state index in [1.54, 1.807) is 0 Å². The van der Waals surface area contributed by atoms with Crippen LogP contribution in [-0.2, 0) is 9.16 Å². The number of nitrogens with zero attached hydrogens (tertiary/aromatic N) is 1. The van der Waals surface area contributed by atoms with Gasteiger partial charge in [-0.1, -0.05) is 81.4 Å². The lowest BCUT2D eigenvalue weighted by atomic mass is 10.2. The van der Waals surface area contributed by atoms with E-state index in [4.69, 9.17) is 9.16 Å². The highest BCUT2D eigenvalue weighted by Crippen LogP contribution is 2.56. The molecule has 2 aromatic carbocycles. The van der Waals surface area contributed by atoms with Gasteiger partial charge in [-0.05, 0) is 54.9 Å². The Morgan fingerprint density at radius 3 is 1.94 bits per heavy atom. The number of amides is 1. The standard InChI is InChI=1S/C27H37NO3Si/c1-25(2,3)31-24(29)28-18-17-21-19-27(21,28)20-30-32(26(4,5)6,22-13-9-7-10-14-22)23-15-11-8-12-16-23/h7-16,21H,17-20H2,1-6H3. The fraction of sp³-hybridized carbons (Fsp3) is 0.519. The molecule has 1 aliphatic heterocycles. The third kappa shape index (κ3) is 4.01. The van der Waals surface area contributed by atoms with Crippen LogP contribution in [0.4, 0.5) is 4.79 Å². The summed E-state index contributed by atoms with van der Waals surface area (Å²) in [4.78, 5) is 15.0. The monoisotopic (exact) mass is 451 g/mol. The van der Waals surface area contributed by atoms with Crippen molar-refractivity contribution in [1.29, 1.82) is 0 Å². The van der Waals surface area contributed by atoms with E-state index in [-0.39, 0.29) is 16.7 Å². The second-order valence-electron chi connectivity index (χ2n) is 11.4. The molecule has 0 radical (unpaired) electrons. The second kappa shape index (κ2) is 8.03. The lowest BCUT2D eigenvalue weighted by Gasteiger charge is -2.44.